The zero-order chi connectivity index (χ0) is 38.8. The van der Waals surface area contributed by atoms with Crippen LogP contribution in [-0.4, -0.2) is 42.4 Å². The summed E-state index contributed by atoms with van der Waals surface area (Å²) in [6.45, 7) is 15.2. The van der Waals surface area contributed by atoms with Crippen LogP contribution < -0.4 is 18.9 Å². The molecule has 0 N–H and O–H groups in total. The van der Waals surface area contributed by atoms with E-state index < -0.39 is 21.5 Å². The van der Waals surface area contributed by atoms with Gasteiger partial charge in [-0.3, -0.25) is 20.2 Å². The van der Waals surface area contributed by atoms with E-state index >= 15 is 0 Å². The molecule has 0 aromatic heterocycles. The number of non-ortho nitro benzene ring substituents is 2. The molecule has 1 aliphatic heterocycles. The summed E-state index contributed by atoms with van der Waals surface area (Å²) in [5.74, 6) is 2.40. The molecule has 5 rings (SSSR count). The number of rotatable bonds is 10. The Hall–Kier alpha value is -5.32. The van der Waals surface area contributed by atoms with Crippen LogP contribution >= 0.6 is 15.9 Å². The SMILES string of the molecule is C.C.C=CB1OC(C)(C)C(C)(C)O1.C=Cc1cc(OC)c(Oc2ccc([N+](=O)[O-])cc2)cc1F.COc1cc(Br)c(F)cc1Oc1ccc([N+](=O)[O-])cc1. The number of nitro groups is 2. The molecule has 0 atom stereocenters. The van der Waals surface area contributed by atoms with Gasteiger partial charge in [-0.15, -0.1) is 6.58 Å². The van der Waals surface area contributed by atoms with Gasteiger partial charge >= 0.3 is 7.12 Å². The van der Waals surface area contributed by atoms with Gasteiger partial charge in [0.15, 0.2) is 23.0 Å². The highest BCUT2D eigenvalue weighted by Gasteiger charge is 2.49. The fourth-order valence-corrected chi connectivity index (χ4v) is 4.53. The van der Waals surface area contributed by atoms with Crippen LogP contribution in [0, 0.1) is 31.9 Å². The van der Waals surface area contributed by atoms with Crippen molar-refractivity contribution in [2.24, 2.45) is 0 Å². The van der Waals surface area contributed by atoms with Crippen molar-refractivity contribution in [3.8, 4) is 34.5 Å². The van der Waals surface area contributed by atoms with Crippen LogP contribution in [-0.2, 0) is 9.31 Å². The van der Waals surface area contributed by atoms with Crippen molar-refractivity contribution in [3.05, 3.63) is 134 Å². The number of nitrogens with zero attached hydrogens (tertiary/aromatic N) is 2. The zero-order valence-electron chi connectivity index (χ0n) is 29.2. The van der Waals surface area contributed by atoms with Crippen molar-refractivity contribution in [3.63, 3.8) is 0 Å². The lowest BCUT2D eigenvalue weighted by Crippen LogP contribution is -2.41. The predicted octanol–water partition coefficient (Wildman–Crippen LogP) is 11.6. The van der Waals surface area contributed by atoms with E-state index in [2.05, 4.69) is 29.1 Å². The van der Waals surface area contributed by atoms with Gasteiger partial charge in [-0.05, 0) is 74.0 Å². The van der Waals surface area contributed by atoms with E-state index in [4.69, 9.17) is 28.3 Å². The predicted molar refractivity (Wildman–Crippen MR) is 210 cm³/mol. The number of methoxy groups -OCH3 is 2. The summed E-state index contributed by atoms with van der Waals surface area (Å²) in [6, 6.07) is 16.2. The van der Waals surface area contributed by atoms with Crippen LogP contribution in [0.25, 0.3) is 6.08 Å². The molecule has 4 aromatic rings. The summed E-state index contributed by atoms with van der Waals surface area (Å²) in [7, 11) is 2.62. The Morgan fingerprint density at radius 3 is 1.43 bits per heavy atom. The first kappa shape index (κ1) is 46.7. The Labute approximate surface area is 322 Å². The second kappa shape index (κ2) is 20.2. The molecule has 1 aliphatic rings. The second-order valence-corrected chi connectivity index (χ2v) is 12.6. The van der Waals surface area contributed by atoms with Gasteiger partial charge in [0.2, 0.25) is 0 Å². The van der Waals surface area contributed by atoms with E-state index in [1.807, 2.05) is 27.7 Å². The molecule has 290 valence electrons. The molecule has 16 heteroatoms. The van der Waals surface area contributed by atoms with E-state index in [-0.39, 0.29) is 60.5 Å². The zero-order valence-corrected chi connectivity index (χ0v) is 30.8. The lowest BCUT2D eigenvalue weighted by molar-refractivity contribution is -0.385. The van der Waals surface area contributed by atoms with Crippen LogP contribution in [0.1, 0.15) is 48.1 Å². The number of nitro benzene ring substituents is 2. The minimum Gasteiger partial charge on any atom is -0.493 e. The molecule has 12 nitrogen and oxygen atoms in total. The minimum absolute atomic E-state index is 0. The third kappa shape index (κ3) is 12.1. The third-order valence-electron chi connectivity index (χ3n) is 7.72. The Kier molecular flexibility index (Phi) is 17.5. The van der Waals surface area contributed by atoms with Crippen molar-refractivity contribution in [2.75, 3.05) is 14.2 Å². The molecule has 0 bridgehead atoms. The van der Waals surface area contributed by atoms with Gasteiger partial charge in [0.05, 0.1) is 39.7 Å². The smallest absolute Gasteiger partial charge is 0.486 e. The van der Waals surface area contributed by atoms with Gasteiger partial charge in [-0.1, -0.05) is 33.5 Å². The highest BCUT2D eigenvalue weighted by molar-refractivity contribution is 9.10. The third-order valence-corrected chi connectivity index (χ3v) is 8.33. The fraction of sp³-hybridized carbons (Fsp3) is 0.263. The van der Waals surface area contributed by atoms with Crippen molar-refractivity contribution >= 4 is 40.5 Å². The van der Waals surface area contributed by atoms with E-state index in [0.29, 0.717) is 28.6 Å². The van der Waals surface area contributed by atoms with Gasteiger partial charge in [0.1, 0.15) is 23.1 Å². The molecule has 0 spiro atoms. The summed E-state index contributed by atoms with van der Waals surface area (Å²) in [5.41, 5.74) is -0.269. The molecule has 1 heterocycles. The van der Waals surface area contributed by atoms with Gasteiger partial charge in [0, 0.05) is 48.0 Å². The number of hydrogen-bond acceptors (Lipinski definition) is 10. The molecule has 0 amide bonds. The number of benzene rings is 4. The lowest BCUT2D eigenvalue weighted by Gasteiger charge is -2.32. The topological polar surface area (TPSA) is 142 Å². The van der Waals surface area contributed by atoms with Gasteiger partial charge in [-0.25, -0.2) is 8.78 Å². The lowest BCUT2D eigenvalue weighted by atomic mass is 9.90. The molecule has 4 aromatic carbocycles. The van der Waals surface area contributed by atoms with Crippen LogP contribution in [0.5, 0.6) is 34.5 Å². The van der Waals surface area contributed by atoms with Crippen molar-refractivity contribution in [2.45, 2.75) is 53.8 Å². The van der Waals surface area contributed by atoms with Crippen LogP contribution in [0.15, 0.2) is 96.4 Å². The van der Waals surface area contributed by atoms with E-state index in [1.54, 1.807) is 5.98 Å². The molecular weight excluding hydrogens is 773 g/mol. The van der Waals surface area contributed by atoms with Crippen LogP contribution in [0.3, 0.4) is 0 Å². The normalized spacial score (nSPS) is 13.2. The molecule has 0 radical (unpaired) electrons. The first-order chi connectivity index (χ1) is 24.4. The quantitative estimate of drug-likeness (QED) is 0.0862. The van der Waals surface area contributed by atoms with Crippen molar-refractivity contribution < 1.29 is 46.9 Å². The fourth-order valence-electron chi connectivity index (χ4n) is 4.21. The minimum atomic E-state index is -0.511. The highest BCUT2D eigenvalue weighted by Crippen LogP contribution is 2.38. The standard InChI is InChI=1S/C15H12FNO4.C13H9BrFNO4.C8H15BO2.2CH4/c1-3-10-8-14(20-2)15(9-13(10)16)21-12-6-4-11(5-7-12)17(18)19;1-19-12-6-10(14)11(15)7-13(12)20-9-4-2-8(3-5-9)16(17)18;1-6-9-10-7(2,3)8(4,5)11-9;;/h3-9H,1H2,2H3;2-7H,1H3;6H,1H2,2-5H3;2*1H4. The highest BCUT2D eigenvalue weighted by atomic mass is 79.9. The van der Waals surface area contributed by atoms with Crippen molar-refractivity contribution in [1.82, 2.24) is 0 Å². The first-order valence-corrected chi connectivity index (χ1v) is 16.1. The molecule has 1 saturated heterocycles. The van der Waals surface area contributed by atoms with Gasteiger partial charge in [-0.2, -0.15) is 0 Å². The molecule has 0 saturated carbocycles. The maximum Gasteiger partial charge on any atom is 0.486 e. The summed E-state index contributed by atoms with van der Waals surface area (Å²) >= 11 is 3.05. The second-order valence-electron chi connectivity index (χ2n) is 11.7. The number of ether oxygens (including phenoxy) is 4. The average Bonchev–Trinajstić information content (AvgIpc) is 3.32. The molecular formula is C38H44BBrF2N2O10. The van der Waals surface area contributed by atoms with Crippen LogP contribution in [0.2, 0.25) is 0 Å². The van der Waals surface area contributed by atoms with Crippen molar-refractivity contribution in [1.29, 1.82) is 0 Å². The monoisotopic (exact) mass is 816 g/mol. The number of hydrogen-bond donors (Lipinski definition) is 0. The van der Waals surface area contributed by atoms with Crippen LogP contribution in [0.4, 0.5) is 20.2 Å². The summed E-state index contributed by atoms with van der Waals surface area (Å²) < 4.78 is 59.8. The summed E-state index contributed by atoms with van der Waals surface area (Å²) in [5, 5.41) is 21.1. The molecule has 54 heavy (non-hydrogen) atoms. The Bertz CT molecular complexity index is 1890. The Morgan fingerprint density at radius 1 is 0.704 bits per heavy atom. The number of halogens is 3. The maximum atomic E-state index is 13.7. The summed E-state index contributed by atoms with van der Waals surface area (Å²) in [6.07, 6.45) is 1.37. The molecule has 0 unspecified atom stereocenters. The molecule has 0 aliphatic carbocycles. The largest absolute Gasteiger partial charge is 0.493 e. The van der Waals surface area contributed by atoms with Gasteiger partial charge in [0.25, 0.3) is 11.4 Å². The summed E-state index contributed by atoms with van der Waals surface area (Å²) in [4.78, 5) is 20.1. The molecule has 1 fully saturated rings. The van der Waals surface area contributed by atoms with E-state index in [0.717, 1.165) is 0 Å². The van der Waals surface area contributed by atoms with E-state index in [9.17, 15) is 29.0 Å². The Balaban J connectivity index is 0.000000416. The van der Waals surface area contributed by atoms with E-state index in [1.165, 1.54) is 93.1 Å². The average molecular weight is 817 g/mol. The van der Waals surface area contributed by atoms with Gasteiger partial charge < -0.3 is 28.3 Å². The Morgan fingerprint density at radius 2 is 1.09 bits per heavy atom. The first-order valence-electron chi connectivity index (χ1n) is 15.3. The maximum absolute atomic E-state index is 13.7.